The van der Waals surface area contributed by atoms with Crippen LogP contribution in [0.15, 0.2) is 59.5 Å². The van der Waals surface area contributed by atoms with Crippen molar-refractivity contribution < 1.29 is 13.2 Å². The van der Waals surface area contributed by atoms with Gasteiger partial charge in [0, 0.05) is 37.8 Å². The number of carbonyl (C=O) groups is 1. The molecule has 2 aromatic carbocycles. The van der Waals surface area contributed by atoms with Gasteiger partial charge in [-0.15, -0.1) is 0 Å². The summed E-state index contributed by atoms with van der Waals surface area (Å²) in [5.74, 6) is -0.0718. The van der Waals surface area contributed by atoms with Gasteiger partial charge in [0.2, 0.25) is 10.0 Å². The van der Waals surface area contributed by atoms with Crippen LogP contribution in [0, 0.1) is 0 Å². The van der Waals surface area contributed by atoms with Crippen LogP contribution in [-0.2, 0) is 10.0 Å². The average Bonchev–Trinajstić information content (AvgIpc) is 2.68. The van der Waals surface area contributed by atoms with Crippen LogP contribution >= 0.6 is 0 Å². The summed E-state index contributed by atoms with van der Waals surface area (Å²) in [6.45, 7) is 5.94. The molecule has 0 aromatic heterocycles. The summed E-state index contributed by atoms with van der Waals surface area (Å²) in [6, 6.07) is 16.7. The summed E-state index contributed by atoms with van der Waals surface area (Å²) in [5.41, 5.74) is 1.76. The van der Waals surface area contributed by atoms with Crippen LogP contribution < -0.4 is 0 Å². The zero-order valence-corrected chi connectivity index (χ0v) is 15.9. The van der Waals surface area contributed by atoms with E-state index in [9.17, 15) is 13.2 Å². The Morgan fingerprint density at radius 1 is 0.923 bits per heavy atom. The smallest absolute Gasteiger partial charge is 0.243 e. The number of ketones is 1. The molecule has 0 bridgehead atoms. The molecule has 1 aliphatic rings. The van der Waals surface area contributed by atoms with E-state index in [1.165, 1.54) is 28.9 Å². The highest BCUT2D eigenvalue weighted by Crippen LogP contribution is 2.24. The molecule has 26 heavy (non-hydrogen) atoms. The number of benzene rings is 2. The third kappa shape index (κ3) is 3.87. The van der Waals surface area contributed by atoms with Crippen molar-refractivity contribution >= 4 is 15.8 Å². The van der Waals surface area contributed by atoms with E-state index in [2.05, 4.69) is 24.0 Å². The highest BCUT2D eigenvalue weighted by molar-refractivity contribution is 7.89. The number of Topliss-reactive ketones (excluding diaryl/α,β-unsaturated/α-hetero) is 1. The molecular formula is C20H24N2O3S. The molecule has 0 N–H and O–H groups in total. The minimum absolute atomic E-state index is 0.0718. The van der Waals surface area contributed by atoms with Gasteiger partial charge in [-0.05, 0) is 31.5 Å². The summed E-state index contributed by atoms with van der Waals surface area (Å²) in [4.78, 5) is 13.9. The average molecular weight is 372 g/mol. The fourth-order valence-corrected chi connectivity index (χ4v) is 4.71. The summed E-state index contributed by atoms with van der Waals surface area (Å²) in [5, 5.41) is 0. The third-order valence-electron chi connectivity index (χ3n) is 5.00. The largest absolute Gasteiger partial charge is 0.295 e. The molecule has 3 rings (SSSR count). The van der Waals surface area contributed by atoms with E-state index in [4.69, 9.17) is 0 Å². The van der Waals surface area contributed by atoms with Crippen LogP contribution in [-0.4, -0.2) is 49.6 Å². The third-order valence-corrected chi connectivity index (χ3v) is 6.91. The first-order valence-electron chi connectivity index (χ1n) is 8.80. The molecule has 1 atom stereocenters. The Labute approximate surface area is 155 Å². The quantitative estimate of drug-likeness (QED) is 0.757. The fraction of sp³-hybridized carbons (Fsp3) is 0.350. The van der Waals surface area contributed by atoms with E-state index in [-0.39, 0.29) is 16.7 Å². The Morgan fingerprint density at radius 2 is 1.50 bits per heavy atom. The Hall–Kier alpha value is -2.02. The molecule has 6 heteroatoms. The number of hydrogen-bond acceptors (Lipinski definition) is 4. The van der Waals surface area contributed by atoms with Crippen molar-refractivity contribution in [2.75, 3.05) is 26.2 Å². The maximum atomic E-state index is 12.8. The predicted octanol–water partition coefficient (Wildman–Crippen LogP) is 2.96. The van der Waals surface area contributed by atoms with Crippen LogP contribution in [0.5, 0.6) is 0 Å². The molecule has 2 aromatic rings. The summed E-state index contributed by atoms with van der Waals surface area (Å²) >= 11 is 0. The van der Waals surface area contributed by atoms with Crippen molar-refractivity contribution in [1.29, 1.82) is 0 Å². The molecule has 0 saturated carbocycles. The summed E-state index contributed by atoms with van der Waals surface area (Å²) in [6.07, 6.45) is 0. The zero-order valence-electron chi connectivity index (χ0n) is 15.1. The van der Waals surface area contributed by atoms with Crippen molar-refractivity contribution in [2.45, 2.75) is 24.8 Å². The second-order valence-electron chi connectivity index (χ2n) is 6.61. The number of rotatable bonds is 5. The molecule has 0 unspecified atom stereocenters. The summed E-state index contributed by atoms with van der Waals surface area (Å²) < 4.78 is 27.2. The second-order valence-corrected chi connectivity index (χ2v) is 8.55. The van der Waals surface area contributed by atoms with Crippen LogP contribution in [0.4, 0.5) is 0 Å². The lowest BCUT2D eigenvalue weighted by molar-refractivity contribution is 0.101. The van der Waals surface area contributed by atoms with Gasteiger partial charge in [0.1, 0.15) is 0 Å². The molecule has 0 spiro atoms. The van der Waals surface area contributed by atoms with Crippen LogP contribution in [0.1, 0.15) is 35.8 Å². The van der Waals surface area contributed by atoms with Gasteiger partial charge in [-0.1, -0.05) is 42.5 Å². The Morgan fingerprint density at radius 3 is 2.04 bits per heavy atom. The monoisotopic (exact) mass is 372 g/mol. The first-order valence-corrected chi connectivity index (χ1v) is 10.2. The van der Waals surface area contributed by atoms with Crippen molar-refractivity contribution in [3.8, 4) is 0 Å². The highest BCUT2D eigenvalue weighted by atomic mass is 32.2. The number of piperazine rings is 1. The number of sulfonamides is 1. The second kappa shape index (κ2) is 7.70. The van der Waals surface area contributed by atoms with Gasteiger partial charge in [-0.25, -0.2) is 8.42 Å². The topological polar surface area (TPSA) is 57.7 Å². The molecule has 1 heterocycles. The van der Waals surface area contributed by atoms with Gasteiger partial charge in [0.25, 0.3) is 0 Å². The standard InChI is InChI=1S/C20H24N2O3S/c1-16(18-6-4-3-5-7-18)21-12-14-22(15-13-21)26(24,25)20-10-8-19(9-11-20)17(2)23/h3-11,16H,12-15H2,1-2H3/t16-/m1/s1. The molecular weight excluding hydrogens is 348 g/mol. The Kier molecular flexibility index (Phi) is 5.55. The van der Waals surface area contributed by atoms with E-state index in [0.717, 1.165) is 0 Å². The Balaban J connectivity index is 1.67. The first-order chi connectivity index (χ1) is 12.4. The van der Waals surface area contributed by atoms with Gasteiger partial charge in [-0.2, -0.15) is 4.31 Å². The van der Waals surface area contributed by atoms with Gasteiger partial charge in [0.15, 0.2) is 5.78 Å². The Bertz CT molecular complexity index is 856. The van der Waals surface area contributed by atoms with E-state index in [1.54, 1.807) is 12.1 Å². The van der Waals surface area contributed by atoms with E-state index >= 15 is 0 Å². The molecule has 5 nitrogen and oxygen atoms in total. The molecule has 1 aliphatic heterocycles. The van der Waals surface area contributed by atoms with Crippen molar-refractivity contribution in [3.05, 3.63) is 65.7 Å². The van der Waals surface area contributed by atoms with E-state index < -0.39 is 10.0 Å². The van der Waals surface area contributed by atoms with Gasteiger partial charge in [-0.3, -0.25) is 9.69 Å². The molecule has 1 fully saturated rings. The van der Waals surface area contributed by atoms with Crippen LogP contribution in [0.2, 0.25) is 0 Å². The van der Waals surface area contributed by atoms with Crippen LogP contribution in [0.25, 0.3) is 0 Å². The number of hydrogen-bond donors (Lipinski definition) is 0. The highest BCUT2D eigenvalue weighted by Gasteiger charge is 2.30. The van der Waals surface area contributed by atoms with Gasteiger partial charge < -0.3 is 0 Å². The fourth-order valence-electron chi connectivity index (χ4n) is 3.28. The maximum absolute atomic E-state index is 12.8. The lowest BCUT2D eigenvalue weighted by atomic mass is 10.1. The van der Waals surface area contributed by atoms with Crippen molar-refractivity contribution in [1.82, 2.24) is 9.21 Å². The van der Waals surface area contributed by atoms with E-state index in [0.29, 0.717) is 31.7 Å². The van der Waals surface area contributed by atoms with E-state index in [1.807, 2.05) is 18.2 Å². The SMILES string of the molecule is CC(=O)c1ccc(S(=O)(=O)N2CCN([C@H](C)c3ccccc3)CC2)cc1. The lowest BCUT2D eigenvalue weighted by Gasteiger charge is -2.37. The molecule has 1 saturated heterocycles. The zero-order chi connectivity index (χ0) is 18.7. The van der Waals surface area contributed by atoms with Crippen LogP contribution in [0.3, 0.4) is 0 Å². The van der Waals surface area contributed by atoms with Gasteiger partial charge >= 0.3 is 0 Å². The number of carbonyl (C=O) groups excluding carboxylic acids is 1. The summed E-state index contributed by atoms with van der Waals surface area (Å²) in [7, 11) is -3.52. The minimum atomic E-state index is -3.52. The molecule has 0 amide bonds. The molecule has 0 radical (unpaired) electrons. The first kappa shape index (κ1) is 18.8. The predicted molar refractivity (Wildman–Crippen MR) is 102 cm³/mol. The molecule has 0 aliphatic carbocycles. The van der Waals surface area contributed by atoms with Crippen molar-refractivity contribution in [2.24, 2.45) is 0 Å². The normalized spacial score (nSPS) is 17.8. The lowest BCUT2D eigenvalue weighted by Crippen LogP contribution is -2.49. The van der Waals surface area contributed by atoms with Gasteiger partial charge in [0.05, 0.1) is 4.90 Å². The maximum Gasteiger partial charge on any atom is 0.243 e. The van der Waals surface area contributed by atoms with Crippen molar-refractivity contribution in [3.63, 3.8) is 0 Å². The minimum Gasteiger partial charge on any atom is -0.295 e. The molecule has 138 valence electrons. The number of nitrogens with zero attached hydrogens (tertiary/aromatic N) is 2.